The second kappa shape index (κ2) is 8.90. The van der Waals surface area contributed by atoms with E-state index in [1.165, 1.54) is 11.3 Å². The summed E-state index contributed by atoms with van der Waals surface area (Å²) in [5.74, 6) is -0.0270. The minimum atomic E-state index is -0.123. The Labute approximate surface area is 183 Å². The zero-order chi connectivity index (χ0) is 20.4. The fourth-order valence-corrected chi connectivity index (χ4v) is 4.85. The molecule has 0 spiro atoms. The summed E-state index contributed by atoms with van der Waals surface area (Å²) in [6, 6.07) is 5.22. The van der Waals surface area contributed by atoms with Gasteiger partial charge in [-0.3, -0.25) is 9.59 Å². The predicted molar refractivity (Wildman–Crippen MR) is 116 cm³/mol. The van der Waals surface area contributed by atoms with Gasteiger partial charge in [-0.1, -0.05) is 23.2 Å². The third-order valence-electron chi connectivity index (χ3n) is 5.37. The molecule has 0 saturated carbocycles. The molecule has 6 nitrogen and oxygen atoms in total. The molecule has 0 aliphatic carbocycles. The van der Waals surface area contributed by atoms with Crippen molar-refractivity contribution in [3.63, 3.8) is 0 Å². The van der Waals surface area contributed by atoms with Gasteiger partial charge in [-0.15, -0.1) is 11.3 Å². The van der Waals surface area contributed by atoms with Crippen LogP contribution in [0.15, 0.2) is 23.6 Å². The van der Waals surface area contributed by atoms with Crippen LogP contribution < -0.4 is 5.32 Å². The van der Waals surface area contributed by atoms with Gasteiger partial charge in [-0.05, 0) is 43.9 Å². The zero-order valence-electron chi connectivity index (χ0n) is 15.9. The Kier molecular flexibility index (Phi) is 6.27. The number of piperidine rings is 1. The highest BCUT2D eigenvalue weighted by molar-refractivity contribution is 7.14. The van der Waals surface area contributed by atoms with Crippen LogP contribution in [0.25, 0.3) is 0 Å². The first-order valence-electron chi connectivity index (χ1n) is 9.77. The number of anilines is 2. The average molecular weight is 453 g/mol. The largest absolute Gasteiger partial charge is 0.342 e. The van der Waals surface area contributed by atoms with Crippen molar-refractivity contribution in [2.45, 2.75) is 25.7 Å². The average Bonchev–Trinajstić information content (AvgIpc) is 3.42. The number of carbonyl (C=O) groups excluding carboxylic acids is 2. The van der Waals surface area contributed by atoms with Crippen LogP contribution in [0.5, 0.6) is 0 Å². The molecule has 2 saturated heterocycles. The summed E-state index contributed by atoms with van der Waals surface area (Å²) >= 11 is 13.3. The second-order valence-corrected chi connectivity index (χ2v) is 9.09. The molecule has 4 rings (SSSR count). The molecule has 1 atom stereocenters. The van der Waals surface area contributed by atoms with E-state index in [-0.39, 0.29) is 17.7 Å². The minimum absolute atomic E-state index is 0.0989. The van der Waals surface area contributed by atoms with Gasteiger partial charge in [-0.2, -0.15) is 0 Å². The molecule has 3 heterocycles. The summed E-state index contributed by atoms with van der Waals surface area (Å²) < 4.78 is 0. The zero-order valence-corrected chi connectivity index (χ0v) is 18.2. The number of hydrogen-bond acceptors (Lipinski definition) is 5. The minimum Gasteiger partial charge on any atom is -0.342 e. The van der Waals surface area contributed by atoms with Gasteiger partial charge in [0.1, 0.15) is 5.69 Å². The van der Waals surface area contributed by atoms with Crippen LogP contribution in [0.2, 0.25) is 10.0 Å². The van der Waals surface area contributed by atoms with E-state index in [9.17, 15) is 9.59 Å². The summed E-state index contributed by atoms with van der Waals surface area (Å²) in [6.45, 7) is 2.83. The predicted octanol–water partition coefficient (Wildman–Crippen LogP) is 4.67. The standard InChI is InChI=1S/C20H22Cl2N4O2S/c21-15-6-5-14(10-16(15)22)23-20-24-17(12-29-20)19(28)26-9-3-4-13(11-26)18(27)25-7-1-2-8-25/h5-6,10,12-13H,1-4,7-9,11H2,(H,23,24). The van der Waals surface area contributed by atoms with Crippen molar-refractivity contribution >= 4 is 57.2 Å². The van der Waals surface area contributed by atoms with E-state index in [1.54, 1.807) is 28.5 Å². The lowest BCUT2D eigenvalue weighted by Crippen LogP contribution is -2.46. The number of carbonyl (C=O) groups is 2. The first kappa shape index (κ1) is 20.4. The van der Waals surface area contributed by atoms with Gasteiger partial charge in [0, 0.05) is 37.2 Å². The highest BCUT2D eigenvalue weighted by atomic mass is 35.5. The molecule has 29 heavy (non-hydrogen) atoms. The summed E-state index contributed by atoms with van der Waals surface area (Å²) in [7, 11) is 0. The number of likely N-dealkylation sites (tertiary alicyclic amines) is 2. The fourth-order valence-electron chi connectivity index (χ4n) is 3.85. The molecular formula is C20H22Cl2N4O2S. The lowest BCUT2D eigenvalue weighted by Gasteiger charge is -2.33. The maximum Gasteiger partial charge on any atom is 0.273 e. The van der Waals surface area contributed by atoms with Crippen molar-refractivity contribution in [1.29, 1.82) is 0 Å². The summed E-state index contributed by atoms with van der Waals surface area (Å²) in [4.78, 5) is 33.8. The molecule has 2 aromatic rings. The van der Waals surface area contributed by atoms with E-state index in [2.05, 4.69) is 10.3 Å². The Balaban J connectivity index is 1.40. The van der Waals surface area contributed by atoms with Crippen molar-refractivity contribution in [2.24, 2.45) is 5.92 Å². The van der Waals surface area contributed by atoms with Gasteiger partial charge >= 0.3 is 0 Å². The number of thiazole rings is 1. The Bertz CT molecular complexity index is 914. The van der Waals surface area contributed by atoms with Gasteiger partial charge < -0.3 is 15.1 Å². The van der Waals surface area contributed by atoms with E-state index in [0.717, 1.165) is 44.5 Å². The number of nitrogens with one attached hydrogen (secondary N) is 1. The Hall–Kier alpha value is -1.83. The number of aromatic nitrogens is 1. The molecule has 0 bridgehead atoms. The fraction of sp³-hybridized carbons (Fsp3) is 0.450. The van der Waals surface area contributed by atoms with E-state index < -0.39 is 0 Å². The molecule has 1 unspecified atom stereocenters. The summed E-state index contributed by atoms with van der Waals surface area (Å²) in [5.41, 5.74) is 1.15. The number of rotatable bonds is 4. The summed E-state index contributed by atoms with van der Waals surface area (Å²) in [6.07, 6.45) is 3.85. The molecule has 2 aliphatic heterocycles. The van der Waals surface area contributed by atoms with Crippen LogP contribution in [0.4, 0.5) is 10.8 Å². The SMILES string of the molecule is O=C(c1csc(Nc2ccc(Cl)c(Cl)c2)n1)N1CCCC(C(=O)N2CCCC2)C1. The maximum atomic E-state index is 12.9. The molecule has 0 radical (unpaired) electrons. The molecule has 154 valence electrons. The van der Waals surface area contributed by atoms with Gasteiger partial charge in [0.15, 0.2) is 5.13 Å². The van der Waals surface area contributed by atoms with Crippen molar-refractivity contribution in [3.05, 3.63) is 39.3 Å². The van der Waals surface area contributed by atoms with Crippen LogP contribution in [0.3, 0.4) is 0 Å². The van der Waals surface area contributed by atoms with Gasteiger partial charge in [0.2, 0.25) is 5.91 Å². The van der Waals surface area contributed by atoms with Crippen LogP contribution in [0, 0.1) is 5.92 Å². The van der Waals surface area contributed by atoms with Gasteiger partial charge in [0.05, 0.1) is 16.0 Å². The third-order valence-corrected chi connectivity index (χ3v) is 6.87. The Morgan fingerprint density at radius 2 is 1.83 bits per heavy atom. The van der Waals surface area contributed by atoms with Crippen molar-refractivity contribution < 1.29 is 9.59 Å². The van der Waals surface area contributed by atoms with E-state index >= 15 is 0 Å². The van der Waals surface area contributed by atoms with Crippen molar-refractivity contribution in [1.82, 2.24) is 14.8 Å². The molecule has 1 aromatic heterocycles. The molecule has 9 heteroatoms. The monoisotopic (exact) mass is 452 g/mol. The van der Waals surface area contributed by atoms with Crippen LogP contribution >= 0.6 is 34.5 Å². The molecule has 2 amide bonds. The van der Waals surface area contributed by atoms with Gasteiger partial charge in [-0.25, -0.2) is 4.98 Å². The Morgan fingerprint density at radius 1 is 1.07 bits per heavy atom. The van der Waals surface area contributed by atoms with Crippen molar-refractivity contribution in [2.75, 3.05) is 31.5 Å². The molecular weight excluding hydrogens is 431 g/mol. The normalized spacial score (nSPS) is 19.4. The Morgan fingerprint density at radius 3 is 2.59 bits per heavy atom. The second-order valence-electron chi connectivity index (χ2n) is 7.41. The van der Waals surface area contributed by atoms with Crippen LogP contribution in [0.1, 0.15) is 36.2 Å². The number of nitrogens with zero attached hydrogens (tertiary/aromatic N) is 3. The molecule has 2 aliphatic rings. The highest BCUT2D eigenvalue weighted by Gasteiger charge is 2.33. The lowest BCUT2D eigenvalue weighted by molar-refractivity contribution is -0.135. The first-order chi connectivity index (χ1) is 14.0. The molecule has 2 fully saturated rings. The highest BCUT2D eigenvalue weighted by Crippen LogP contribution is 2.29. The lowest BCUT2D eigenvalue weighted by atomic mass is 9.96. The smallest absolute Gasteiger partial charge is 0.273 e. The van der Waals surface area contributed by atoms with Gasteiger partial charge in [0.25, 0.3) is 5.91 Å². The number of hydrogen-bond donors (Lipinski definition) is 1. The molecule has 1 aromatic carbocycles. The van der Waals surface area contributed by atoms with Crippen LogP contribution in [-0.2, 0) is 4.79 Å². The first-order valence-corrected chi connectivity index (χ1v) is 11.4. The maximum absolute atomic E-state index is 12.9. The summed E-state index contributed by atoms with van der Waals surface area (Å²) in [5, 5.41) is 6.43. The van der Waals surface area contributed by atoms with E-state index in [1.807, 2.05) is 4.90 Å². The molecule has 1 N–H and O–H groups in total. The topological polar surface area (TPSA) is 65.5 Å². The third kappa shape index (κ3) is 4.68. The van der Waals surface area contributed by atoms with E-state index in [0.29, 0.717) is 34.0 Å². The van der Waals surface area contributed by atoms with E-state index in [4.69, 9.17) is 23.2 Å². The van der Waals surface area contributed by atoms with Crippen LogP contribution in [-0.4, -0.2) is 52.8 Å². The number of amides is 2. The number of benzene rings is 1. The quantitative estimate of drug-likeness (QED) is 0.731. The number of halogens is 2. The van der Waals surface area contributed by atoms with Crippen molar-refractivity contribution in [3.8, 4) is 0 Å².